The van der Waals surface area contributed by atoms with E-state index < -0.39 is 0 Å². The van der Waals surface area contributed by atoms with E-state index in [1.807, 2.05) is 12.1 Å². The van der Waals surface area contributed by atoms with Crippen LogP contribution in [0.1, 0.15) is 31.9 Å². The lowest BCUT2D eigenvalue weighted by Gasteiger charge is -2.34. The number of carbonyl (C=O) groups excluding carboxylic acids is 1. The highest BCUT2D eigenvalue weighted by molar-refractivity contribution is 9.10. The summed E-state index contributed by atoms with van der Waals surface area (Å²) in [5.74, 6) is 0.00940. The highest BCUT2D eigenvalue weighted by atomic mass is 79.9. The quantitative estimate of drug-likeness (QED) is 0.799. The van der Waals surface area contributed by atoms with Crippen molar-refractivity contribution in [3.8, 4) is 0 Å². The zero-order valence-corrected chi connectivity index (χ0v) is 14.0. The van der Waals surface area contributed by atoms with Gasteiger partial charge in [0.15, 0.2) is 0 Å². The molecule has 1 rings (SSSR count). The Morgan fingerprint density at radius 1 is 1.45 bits per heavy atom. The van der Waals surface area contributed by atoms with Crippen molar-refractivity contribution in [3.63, 3.8) is 0 Å². The normalized spacial score (nSPS) is 14.1. The average molecular weight is 342 g/mol. The van der Waals surface area contributed by atoms with Gasteiger partial charge in [-0.15, -0.1) is 0 Å². The Labute approximate surface area is 129 Å². The van der Waals surface area contributed by atoms with Gasteiger partial charge in [-0.05, 0) is 30.7 Å². The van der Waals surface area contributed by atoms with Crippen LogP contribution in [0.4, 0.5) is 0 Å². The molecule has 112 valence electrons. The first kappa shape index (κ1) is 17.1. The van der Waals surface area contributed by atoms with Gasteiger partial charge in [-0.2, -0.15) is 0 Å². The Morgan fingerprint density at radius 3 is 2.65 bits per heavy atom. The Hall–Kier alpha value is -0.910. The summed E-state index contributed by atoms with van der Waals surface area (Å²) in [4.78, 5) is 13.8. The first-order chi connectivity index (χ1) is 9.53. The van der Waals surface area contributed by atoms with Crippen LogP contribution in [0.3, 0.4) is 0 Å². The fourth-order valence-electron chi connectivity index (χ4n) is 2.31. The molecule has 20 heavy (non-hydrogen) atoms. The molecule has 3 N–H and O–H groups in total. The maximum absolute atomic E-state index is 11.7. The number of nitrogens with zero attached hydrogens (tertiary/aromatic N) is 1. The van der Waals surface area contributed by atoms with E-state index in [2.05, 4.69) is 52.1 Å². The third-order valence-electron chi connectivity index (χ3n) is 3.49. The zero-order chi connectivity index (χ0) is 15.1. The summed E-state index contributed by atoms with van der Waals surface area (Å²) in [6, 6.07) is 8.17. The molecule has 5 heteroatoms. The van der Waals surface area contributed by atoms with Crippen LogP contribution < -0.4 is 11.1 Å². The van der Waals surface area contributed by atoms with Crippen LogP contribution in [-0.4, -0.2) is 37.0 Å². The number of benzene rings is 1. The molecule has 0 heterocycles. The summed E-state index contributed by atoms with van der Waals surface area (Å²) in [5, 5.41) is 2.67. The molecule has 0 fully saturated rings. The summed E-state index contributed by atoms with van der Waals surface area (Å²) < 4.78 is 1.03. The molecule has 0 aliphatic heterocycles. The summed E-state index contributed by atoms with van der Waals surface area (Å²) in [7, 11) is 1.66. The van der Waals surface area contributed by atoms with Crippen LogP contribution in [0.2, 0.25) is 0 Å². The van der Waals surface area contributed by atoms with Crippen molar-refractivity contribution in [1.29, 1.82) is 0 Å². The lowest BCUT2D eigenvalue weighted by atomic mass is 9.96. The molecule has 0 bridgehead atoms. The molecule has 1 amide bonds. The Kier molecular flexibility index (Phi) is 7.19. The highest BCUT2D eigenvalue weighted by Gasteiger charge is 2.26. The molecule has 0 aliphatic rings. The van der Waals surface area contributed by atoms with Gasteiger partial charge in [0, 0.05) is 17.6 Å². The van der Waals surface area contributed by atoms with E-state index >= 15 is 0 Å². The molecule has 1 aromatic carbocycles. The maximum Gasteiger partial charge on any atom is 0.233 e. The van der Waals surface area contributed by atoms with Gasteiger partial charge in [-0.1, -0.05) is 41.9 Å². The molecule has 2 unspecified atom stereocenters. The molecule has 1 aromatic rings. The monoisotopic (exact) mass is 341 g/mol. The van der Waals surface area contributed by atoms with Gasteiger partial charge in [-0.3, -0.25) is 9.69 Å². The van der Waals surface area contributed by atoms with Crippen molar-refractivity contribution in [2.75, 3.05) is 20.1 Å². The van der Waals surface area contributed by atoms with Crippen molar-refractivity contribution in [2.45, 2.75) is 32.4 Å². The van der Waals surface area contributed by atoms with Crippen LogP contribution in [0.5, 0.6) is 0 Å². The number of amides is 1. The summed E-state index contributed by atoms with van der Waals surface area (Å²) >= 11 is 3.50. The fourth-order valence-corrected chi connectivity index (χ4v) is 2.73. The number of likely N-dealkylation sites (N-methyl/N-ethyl adjacent to an activating group) is 2. The van der Waals surface area contributed by atoms with E-state index in [-0.39, 0.29) is 18.0 Å². The lowest BCUT2D eigenvalue weighted by Crippen LogP contribution is -2.45. The molecule has 0 aromatic heterocycles. The largest absolute Gasteiger partial charge is 0.358 e. The van der Waals surface area contributed by atoms with Crippen LogP contribution in [-0.2, 0) is 4.79 Å². The van der Waals surface area contributed by atoms with E-state index in [4.69, 9.17) is 5.73 Å². The van der Waals surface area contributed by atoms with E-state index in [9.17, 15) is 4.79 Å². The molecule has 0 radical (unpaired) electrons. The molecule has 4 nitrogen and oxygen atoms in total. The Bertz CT molecular complexity index is 439. The minimum absolute atomic E-state index is 0.00564. The number of nitrogens with one attached hydrogen (secondary N) is 1. The first-order valence-corrected chi connectivity index (χ1v) is 7.78. The molecule has 0 saturated heterocycles. The number of carbonyl (C=O) groups is 1. The molecule has 0 spiro atoms. The smallest absolute Gasteiger partial charge is 0.233 e. The van der Waals surface area contributed by atoms with E-state index in [1.165, 1.54) is 0 Å². The standard InChI is InChI=1S/C15H24BrN3O/c1-4-13(17)15(11-7-6-8-12(16)9-11)19(5-2)10-14(20)18-3/h6-9,13,15H,4-5,10,17H2,1-3H3,(H,18,20). The number of rotatable bonds is 7. The molecule has 0 aliphatic carbocycles. The minimum Gasteiger partial charge on any atom is -0.358 e. The van der Waals surface area contributed by atoms with Crippen molar-refractivity contribution in [2.24, 2.45) is 5.73 Å². The zero-order valence-electron chi connectivity index (χ0n) is 12.4. The number of halogens is 1. The van der Waals surface area contributed by atoms with Crippen LogP contribution in [0, 0.1) is 0 Å². The third kappa shape index (κ3) is 4.58. The van der Waals surface area contributed by atoms with E-state index in [1.54, 1.807) is 7.05 Å². The van der Waals surface area contributed by atoms with Crippen molar-refractivity contribution in [1.82, 2.24) is 10.2 Å². The van der Waals surface area contributed by atoms with Gasteiger partial charge in [0.2, 0.25) is 5.91 Å². The Balaban J connectivity index is 3.06. The number of nitrogens with two attached hydrogens (primary N) is 1. The summed E-state index contributed by atoms with van der Waals surface area (Å²) in [6.45, 7) is 5.26. The van der Waals surface area contributed by atoms with Gasteiger partial charge in [0.1, 0.15) is 0 Å². The predicted octanol–water partition coefficient (Wildman–Crippen LogP) is 2.30. The van der Waals surface area contributed by atoms with Crippen molar-refractivity contribution >= 4 is 21.8 Å². The topological polar surface area (TPSA) is 58.4 Å². The fraction of sp³-hybridized carbons (Fsp3) is 0.533. The predicted molar refractivity (Wildman–Crippen MR) is 86.5 cm³/mol. The second kappa shape index (κ2) is 8.39. The second-order valence-corrected chi connectivity index (χ2v) is 5.72. The number of hydrogen-bond acceptors (Lipinski definition) is 3. The van der Waals surface area contributed by atoms with Gasteiger partial charge in [0.05, 0.1) is 12.6 Å². The van der Waals surface area contributed by atoms with Gasteiger partial charge in [0.25, 0.3) is 0 Å². The van der Waals surface area contributed by atoms with Crippen molar-refractivity contribution in [3.05, 3.63) is 34.3 Å². The van der Waals surface area contributed by atoms with Crippen LogP contribution in [0.15, 0.2) is 28.7 Å². The lowest BCUT2D eigenvalue weighted by molar-refractivity contribution is -0.122. The van der Waals surface area contributed by atoms with Crippen molar-refractivity contribution < 1.29 is 4.79 Å². The second-order valence-electron chi connectivity index (χ2n) is 4.81. The average Bonchev–Trinajstić information content (AvgIpc) is 2.45. The third-order valence-corrected chi connectivity index (χ3v) is 3.99. The van der Waals surface area contributed by atoms with Crippen LogP contribution >= 0.6 is 15.9 Å². The van der Waals surface area contributed by atoms with Crippen LogP contribution in [0.25, 0.3) is 0 Å². The SMILES string of the molecule is CCC(N)C(c1cccc(Br)c1)N(CC)CC(=O)NC. The van der Waals surface area contributed by atoms with Gasteiger partial charge >= 0.3 is 0 Å². The molecular formula is C15H24BrN3O. The first-order valence-electron chi connectivity index (χ1n) is 6.99. The van der Waals surface area contributed by atoms with E-state index in [0.717, 1.165) is 23.0 Å². The minimum atomic E-state index is -0.00564. The number of hydrogen-bond donors (Lipinski definition) is 2. The molecule has 0 saturated carbocycles. The Morgan fingerprint density at radius 2 is 2.15 bits per heavy atom. The highest BCUT2D eigenvalue weighted by Crippen LogP contribution is 2.27. The van der Waals surface area contributed by atoms with Gasteiger partial charge in [-0.25, -0.2) is 0 Å². The summed E-state index contributed by atoms with van der Waals surface area (Å²) in [5.41, 5.74) is 7.44. The molecule has 2 atom stereocenters. The van der Waals surface area contributed by atoms with Gasteiger partial charge < -0.3 is 11.1 Å². The maximum atomic E-state index is 11.7. The van der Waals surface area contributed by atoms with E-state index in [0.29, 0.717) is 6.54 Å². The molecular weight excluding hydrogens is 318 g/mol. The summed E-state index contributed by atoms with van der Waals surface area (Å²) in [6.07, 6.45) is 0.863.